The molecule has 1 aromatic heterocycles. The van der Waals surface area contributed by atoms with E-state index in [4.69, 9.17) is 9.72 Å². The molecule has 3 heterocycles. The third-order valence-corrected chi connectivity index (χ3v) is 8.55. The molecule has 2 aliphatic heterocycles. The molecule has 1 atom stereocenters. The van der Waals surface area contributed by atoms with Crippen molar-refractivity contribution in [2.45, 2.75) is 69.5 Å². The second kappa shape index (κ2) is 10.3. The van der Waals surface area contributed by atoms with E-state index >= 15 is 0 Å². The molecule has 3 aliphatic rings. The van der Waals surface area contributed by atoms with Crippen LogP contribution in [0.15, 0.2) is 24.3 Å². The van der Waals surface area contributed by atoms with Crippen LogP contribution in [0, 0.1) is 5.92 Å². The normalized spacial score (nSPS) is 23.8. The molecule has 1 aromatic carbocycles. The van der Waals surface area contributed by atoms with Crippen molar-refractivity contribution in [3.05, 3.63) is 30.1 Å². The molecular formula is C27H39N5O3. The molecule has 8 heteroatoms. The number of nitrogens with zero attached hydrogens (tertiary/aromatic N) is 4. The first-order chi connectivity index (χ1) is 17.0. The Labute approximate surface area is 208 Å². The molecule has 1 spiro atoms. The van der Waals surface area contributed by atoms with E-state index < -0.39 is 11.6 Å². The minimum absolute atomic E-state index is 0.0244. The molecular weight excluding hydrogens is 442 g/mol. The summed E-state index contributed by atoms with van der Waals surface area (Å²) in [7, 11) is 3.71. The minimum Gasteiger partial charge on any atom is -0.383 e. The van der Waals surface area contributed by atoms with Gasteiger partial charge in [-0.2, -0.15) is 0 Å². The zero-order valence-electron chi connectivity index (χ0n) is 21.2. The van der Waals surface area contributed by atoms with Gasteiger partial charge in [0, 0.05) is 33.8 Å². The second-order valence-corrected chi connectivity index (χ2v) is 10.6. The third-order valence-electron chi connectivity index (χ3n) is 8.55. The number of nitrogens with one attached hydrogen (secondary N) is 1. The number of hydrogen-bond donors (Lipinski definition) is 1. The molecule has 2 amide bonds. The molecule has 3 fully saturated rings. The number of fused-ring (bicyclic) bond motifs is 1. The van der Waals surface area contributed by atoms with Crippen molar-refractivity contribution in [3.8, 4) is 0 Å². The van der Waals surface area contributed by atoms with E-state index in [9.17, 15) is 9.59 Å². The highest BCUT2D eigenvalue weighted by Crippen LogP contribution is 2.36. The van der Waals surface area contributed by atoms with Crippen molar-refractivity contribution in [2.24, 2.45) is 13.0 Å². The standard InChI is InChI=1S/C27H39N5O3/c1-30-23-11-7-6-10-21(23)28-24(30)19-31-14-12-27(13-15-31)26(34)29-22(18-20-8-4-3-5-9-20)25(33)32(27)16-17-35-2/h6-7,10-11,20,22H,3-5,8-9,12-19H2,1-2H3,(H,29,34). The number of benzene rings is 1. The Bertz CT molecular complexity index is 1050. The lowest BCUT2D eigenvalue weighted by molar-refractivity contribution is -0.162. The molecule has 2 saturated heterocycles. The first-order valence-corrected chi connectivity index (χ1v) is 13.3. The molecule has 1 unspecified atom stereocenters. The van der Waals surface area contributed by atoms with Gasteiger partial charge >= 0.3 is 0 Å². The van der Waals surface area contributed by atoms with Gasteiger partial charge in [-0.25, -0.2) is 4.98 Å². The predicted molar refractivity (Wildman–Crippen MR) is 135 cm³/mol. The summed E-state index contributed by atoms with van der Waals surface area (Å²) < 4.78 is 7.49. The Morgan fingerprint density at radius 2 is 1.86 bits per heavy atom. The number of ether oxygens (including phenoxy) is 1. The Kier molecular flexibility index (Phi) is 7.12. The lowest BCUT2D eigenvalue weighted by Crippen LogP contribution is -2.73. The maximum atomic E-state index is 13.7. The number of rotatable bonds is 7. The smallest absolute Gasteiger partial charge is 0.246 e. The number of aryl methyl sites for hydroxylation is 1. The number of carbonyl (C=O) groups is 2. The van der Waals surface area contributed by atoms with E-state index in [-0.39, 0.29) is 11.8 Å². The van der Waals surface area contributed by atoms with Gasteiger partial charge in [0.25, 0.3) is 0 Å². The topological polar surface area (TPSA) is 79.7 Å². The van der Waals surface area contributed by atoms with E-state index in [1.165, 1.54) is 32.1 Å². The van der Waals surface area contributed by atoms with Crippen LogP contribution in [0.25, 0.3) is 11.0 Å². The average molecular weight is 482 g/mol. The zero-order chi connectivity index (χ0) is 24.4. The van der Waals surface area contributed by atoms with E-state index in [0.717, 1.165) is 42.9 Å². The summed E-state index contributed by atoms with van der Waals surface area (Å²) in [4.78, 5) is 36.3. The maximum Gasteiger partial charge on any atom is 0.246 e. The van der Waals surface area contributed by atoms with Gasteiger partial charge in [0.1, 0.15) is 17.4 Å². The van der Waals surface area contributed by atoms with Crippen LogP contribution in [0.4, 0.5) is 0 Å². The number of methoxy groups -OCH3 is 1. The zero-order valence-corrected chi connectivity index (χ0v) is 21.2. The lowest BCUT2D eigenvalue weighted by Gasteiger charge is -2.52. The van der Waals surface area contributed by atoms with E-state index in [1.807, 2.05) is 23.1 Å². The van der Waals surface area contributed by atoms with Gasteiger partial charge in [-0.15, -0.1) is 0 Å². The van der Waals surface area contributed by atoms with Crippen LogP contribution in [-0.2, 0) is 27.9 Å². The van der Waals surface area contributed by atoms with Crippen molar-refractivity contribution >= 4 is 22.8 Å². The number of hydrogen-bond acceptors (Lipinski definition) is 5. The van der Waals surface area contributed by atoms with Gasteiger partial charge < -0.3 is 19.5 Å². The highest BCUT2D eigenvalue weighted by Gasteiger charge is 2.53. The molecule has 1 saturated carbocycles. The van der Waals surface area contributed by atoms with Crippen LogP contribution < -0.4 is 5.32 Å². The molecule has 5 rings (SSSR count). The van der Waals surface area contributed by atoms with Crippen LogP contribution in [0.5, 0.6) is 0 Å². The average Bonchev–Trinajstić information content (AvgIpc) is 3.19. The summed E-state index contributed by atoms with van der Waals surface area (Å²) in [5, 5.41) is 3.17. The largest absolute Gasteiger partial charge is 0.383 e. The lowest BCUT2D eigenvalue weighted by atomic mass is 9.79. The van der Waals surface area contributed by atoms with E-state index in [2.05, 4.69) is 27.9 Å². The number of carbonyl (C=O) groups excluding carboxylic acids is 2. The van der Waals surface area contributed by atoms with Crippen molar-refractivity contribution in [1.82, 2.24) is 24.7 Å². The van der Waals surface area contributed by atoms with Crippen molar-refractivity contribution < 1.29 is 14.3 Å². The Balaban J connectivity index is 1.28. The summed E-state index contributed by atoms with van der Waals surface area (Å²) in [6.45, 7) is 3.15. The van der Waals surface area contributed by atoms with Gasteiger partial charge in [-0.1, -0.05) is 44.2 Å². The number of imidazole rings is 1. The summed E-state index contributed by atoms with van der Waals surface area (Å²) in [6, 6.07) is 7.78. The van der Waals surface area contributed by atoms with Gasteiger partial charge in [0.05, 0.1) is 24.2 Å². The maximum absolute atomic E-state index is 13.7. The molecule has 1 N–H and O–H groups in total. The monoisotopic (exact) mass is 481 g/mol. The first-order valence-electron chi connectivity index (χ1n) is 13.3. The number of amides is 2. The van der Waals surface area contributed by atoms with E-state index in [0.29, 0.717) is 31.9 Å². The van der Waals surface area contributed by atoms with Crippen LogP contribution in [0.1, 0.15) is 57.2 Å². The Morgan fingerprint density at radius 3 is 2.57 bits per heavy atom. The minimum atomic E-state index is -0.776. The van der Waals surface area contributed by atoms with Crippen LogP contribution in [0.3, 0.4) is 0 Å². The molecule has 1 aliphatic carbocycles. The molecule has 35 heavy (non-hydrogen) atoms. The SMILES string of the molecule is COCCN1C(=O)C(CC2CCCCC2)NC(=O)C12CCN(Cc1nc3ccccc3n1C)CC2. The highest BCUT2D eigenvalue weighted by molar-refractivity contribution is 6.00. The van der Waals surface area contributed by atoms with Crippen LogP contribution >= 0.6 is 0 Å². The second-order valence-electron chi connectivity index (χ2n) is 10.6. The van der Waals surface area contributed by atoms with Gasteiger partial charge in [0.15, 0.2) is 0 Å². The number of para-hydroxylation sites is 2. The number of piperazine rings is 1. The fourth-order valence-corrected chi connectivity index (χ4v) is 6.41. The van der Waals surface area contributed by atoms with Crippen LogP contribution in [-0.4, -0.2) is 76.1 Å². The molecule has 0 radical (unpaired) electrons. The molecule has 0 bridgehead atoms. The summed E-state index contributed by atoms with van der Waals surface area (Å²) in [6.07, 6.45) is 8.12. The number of likely N-dealkylation sites (tertiary alicyclic amines) is 1. The summed E-state index contributed by atoms with van der Waals surface area (Å²) >= 11 is 0. The van der Waals surface area contributed by atoms with Gasteiger partial charge in [0.2, 0.25) is 11.8 Å². The number of piperidine rings is 1. The molecule has 8 nitrogen and oxygen atoms in total. The Morgan fingerprint density at radius 1 is 1.11 bits per heavy atom. The van der Waals surface area contributed by atoms with Crippen molar-refractivity contribution in [1.29, 1.82) is 0 Å². The van der Waals surface area contributed by atoms with E-state index in [1.54, 1.807) is 7.11 Å². The van der Waals surface area contributed by atoms with Crippen molar-refractivity contribution in [2.75, 3.05) is 33.4 Å². The first kappa shape index (κ1) is 24.3. The highest BCUT2D eigenvalue weighted by atomic mass is 16.5. The van der Waals surface area contributed by atoms with Crippen LogP contribution in [0.2, 0.25) is 0 Å². The quantitative estimate of drug-likeness (QED) is 0.658. The van der Waals surface area contributed by atoms with Gasteiger partial charge in [-0.05, 0) is 37.3 Å². The fourth-order valence-electron chi connectivity index (χ4n) is 6.41. The summed E-state index contributed by atoms with van der Waals surface area (Å²) in [5.74, 6) is 1.66. The third kappa shape index (κ3) is 4.70. The molecule has 190 valence electrons. The summed E-state index contributed by atoms with van der Waals surface area (Å²) in [5.41, 5.74) is 1.36. The number of aromatic nitrogens is 2. The predicted octanol–water partition coefficient (Wildman–Crippen LogP) is 2.85. The molecule has 2 aromatic rings. The fraction of sp³-hybridized carbons (Fsp3) is 0.667. The van der Waals surface area contributed by atoms with Crippen molar-refractivity contribution in [3.63, 3.8) is 0 Å². The Hall–Kier alpha value is -2.45. The van der Waals surface area contributed by atoms with Gasteiger partial charge in [-0.3, -0.25) is 14.5 Å².